The molecule has 0 bridgehead atoms. The van der Waals surface area contributed by atoms with Gasteiger partial charge in [0.1, 0.15) is 11.4 Å². The van der Waals surface area contributed by atoms with Crippen molar-refractivity contribution in [2.45, 2.75) is 85.0 Å². The number of rotatable bonds is 4. The highest BCUT2D eigenvalue weighted by Gasteiger charge is 2.36. The van der Waals surface area contributed by atoms with E-state index in [0.29, 0.717) is 24.3 Å². The Morgan fingerprint density at radius 1 is 1.03 bits per heavy atom. The number of anilines is 2. The molecule has 1 aromatic carbocycles. The molecule has 1 fully saturated rings. The van der Waals surface area contributed by atoms with Gasteiger partial charge in [0.25, 0.3) is 0 Å². The molecule has 0 unspecified atom stereocenters. The van der Waals surface area contributed by atoms with Gasteiger partial charge >= 0.3 is 6.09 Å². The second kappa shape index (κ2) is 10.4. The molecule has 4 rings (SSSR count). The van der Waals surface area contributed by atoms with Gasteiger partial charge in [-0.05, 0) is 109 Å². The summed E-state index contributed by atoms with van der Waals surface area (Å²) in [7, 11) is 0. The van der Waals surface area contributed by atoms with Crippen LogP contribution in [0.3, 0.4) is 0 Å². The number of amides is 2. The maximum Gasteiger partial charge on any atom is 0.412 e. The molecule has 1 saturated heterocycles. The first-order chi connectivity index (χ1) is 18.1. The van der Waals surface area contributed by atoms with E-state index in [0.717, 1.165) is 33.0 Å². The van der Waals surface area contributed by atoms with Crippen LogP contribution in [0.15, 0.2) is 54.5 Å². The summed E-state index contributed by atoms with van der Waals surface area (Å²) in [5.41, 5.74) is 3.12. The fourth-order valence-electron chi connectivity index (χ4n) is 5.19. The molecule has 2 N–H and O–H groups in total. The smallest absolute Gasteiger partial charge is 0.412 e. The summed E-state index contributed by atoms with van der Waals surface area (Å²) in [6, 6.07) is 7.62. The number of aromatic nitrogens is 2. The van der Waals surface area contributed by atoms with E-state index >= 15 is 0 Å². The zero-order chi connectivity index (χ0) is 28.6. The van der Waals surface area contributed by atoms with Gasteiger partial charge in [-0.15, -0.1) is 0 Å². The molecule has 3 aromatic rings. The molecular weight excluding hydrogens is 492 g/mol. The van der Waals surface area contributed by atoms with Crippen molar-refractivity contribution in [2.24, 2.45) is 0 Å². The Kier molecular flexibility index (Phi) is 7.54. The average Bonchev–Trinajstić information content (AvgIpc) is 2.75. The Hall–Kier alpha value is -3.78. The normalized spacial score (nSPS) is 16.5. The molecule has 2 amide bonds. The van der Waals surface area contributed by atoms with E-state index in [1.165, 1.54) is 0 Å². The summed E-state index contributed by atoms with van der Waals surface area (Å²) in [5, 5.41) is 7.29. The summed E-state index contributed by atoms with van der Waals surface area (Å²) in [5.74, 6) is 0.176. The number of hydrogen-bond acceptors (Lipinski definition) is 6. The highest BCUT2D eigenvalue weighted by atomic mass is 16.6. The number of hydrogen-bond donors (Lipinski definition) is 2. The lowest BCUT2D eigenvalue weighted by Gasteiger charge is -2.42. The van der Waals surface area contributed by atoms with Crippen LogP contribution in [-0.4, -0.2) is 38.8 Å². The molecule has 8 heteroatoms. The summed E-state index contributed by atoms with van der Waals surface area (Å²) in [4.78, 5) is 34.4. The third kappa shape index (κ3) is 7.41. The van der Waals surface area contributed by atoms with Crippen LogP contribution in [0.25, 0.3) is 21.9 Å². The van der Waals surface area contributed by atoms with Gasteiger partial charge in [0.2, 0.25) is 5.91 Å². The minimum atomic E-state index is -0.642. The number of aryl methyl sites for hydroxylation is 1. The van der Waals surface area contributed by atoms with Gasteiger partial charge in [0.15, 0.2) is 0 Å². The molecule has 0 aliphatic carbocycles. The standard InChI is InChI=1S/C31H38N4O4/c1-19-9-10-32-17-23(19)21-12-22-14-26(33-18-24(22)25(13-21)34-28(37)38-29(2,3)4)35-27(36)11-20-15-30(5,6)39-31(7,8)16-20/h9-14,17-18H,15-16H2,1-8H3,(H,34,37)(H,33,35,36). The number of ether oxygens (including phenoxy) is 2. The Labute approximate surface area is 230 Å². The molecule has 3 heterocycles. The molecule has 1 aliphatic rings. The van der Waals surface area contributed by atoms with E-state index in [1.54, 1.807) is 30.7 Å². The van der Waals surface area contributed by atoms with Crippen molar-refractivity contribution in [3.8, 4) is 11.1 Å². The van der Waals surface area contributed by atoms with Crippen molar-refractivity contribution in [1.29, 1.82) is 0 Å². The van der Waals surface area contributed by atoms with Crippen molar-refractivity contribution in [2.75, 3.05) is 10.6 Å². The van der Waals surface area contributed by atoms with Crippen molar-refractivity contribution in [3.63, 3.8) is 0 Å². The van der Waals surface area contributed by atoms with E-state index < -0.39 is 11.7 Å². The Balaban J connectivity index is 1.68. The lowest BCUT2D eigenvalue weighted by Crippen LogP contribution is -2.42. The number of pyridine rings is 2. The van der Waals surface area contributed by atoms with Gasteiger partial charge in [-0.25, -0.2) is 9.78 Å². The Bertz CT molecular complexity index is 1430. The van der Waals surface area contributed by atoms with Crippen LogP contribution in [0.1, 0.15) is 66.9 Å². The minimum absolute atomic E-state index is 0.239. The van der Waals surface area contributed by atoms with Gasteiger partial charge in [-0.3, -0.25) is 15.1 Å². The van der Waals surface area contributed by atoms with Gasteiger partial charge in [-0.2, -0.15) is 0 Å². The number of nitrogens with one attached hydrogen (secondary N) is 2. The van der Waals surface area contributed by atoms with Crippen LogP contribution in [0, 0.1) is 6.92 Å². The number of fused-ring (bicyclic) bond motifs is 1. The van der Waals surface area contributed by atoms with E-state index in [4.69, 9.17) is 9.47 Å². The largest absolute Gasteiger partial charge is 0.444 e. The highest BCUT2D eigenvalue weighted by molar-refractivity contribution is 6.05. The first kappa shape index (κ1) is 28.2. The molecule has 8 nitrogen and oxygen atoms in total. The summed E-state index contributed by atoms with van der Waals surface area (Å²) < 4.78 is 11.6. The predicted octanol–water partition coefficient (Wildman–Crippen LogP) is 7.18. The first-order valence-corrected chi connectivity index (χ1v) is 13.1. The molecular formula is C31H38N4O4. The fraction of sp³-hybridized carbons (Fsp3) is 0.419. The quantitative estimate of drug-likeness (QED) is 0.346. The fourth-order valence-corrected chi connectivity index (χ4v) is 5.19. The number of carbonyl (C=O) groups is 2. The SMILES string of the molecule is Cc1ccncc1-c1cc(NC(=O)OC(C)(C)C)c2cnc(NC(=O)C=C3CC(C)(C)OC(C)(C)C3)cc2c1. The molecule has 0 atom stereocenters. The van der Waals surface area contributed by atoms with Gasteiger partial charge in [0.05, 0.1) is 16.9 Å². The maximum atomic E-state index is 13.0. The Morgan fingerprint density at radius 2 is 1.72 bits per heavy atom. The number of carbonyl (C=O) groups excluding carboxylic acids is 2. The zero-order valence-electron chi connectivity index (χ0n) is 24.1. The van der Waals surface area contributed by atoms with Crippen molar-refractivity contribution in [1.82, 2.24) is 9.97 Å². The first-order valence-electron chi connectivity index (χ1n) is 13.1. The molecule has 206 valence electrons. The van der Waals surface area contributed by atoms with E-state index in [1.807, 2.05) is 73.6 Å². The molecule has 0 radical (unpaired) electrons. The van der Waals surface area contributed by atoms with Crippen LogP contribution < -0.4 is 10.6 Å². The van der Waals surface area contributed by atoms with Crippen molar-refractivity contribution in [3.05, 3.63) is 60.1 Å². The second-order valence-corrected chi connectivity index (χ2v) is 12.4. The summed E-state index contributed by atoms with van der Waals surface area (Å²) >= 11 is 0. The number of benzene rings is 1. The van der Waals surface area contributed by atoms with Crippen LogP contribution in [-0.2, 0) is 14.3 Å². The predicted molar refractivity (Wildman–Crippen MR) is 155 cm³/mol. The Morgan fingerprint density at radius 3 is 2.36 bits per heavy atom. The molecule has 1 aliphatic heterocycles. The third-order valence-corrected chi connectivity index (χ3v) is 6.27. The number of nitrogens with zero attached hydrogens (tertiary/aromatic N) is 2. The maximum absolute atomic E-state index is 13.0. The van der Waals surface area contributed by atoms with E-state index in [-0.39, 0.29) is 17.1 Å². The lowest BCUT2D eigenvalue weighted by atomic mass is 9.85. The average molecular weight is 531 g/mol. The zero-order valence-corrected chi connectivity index (χ0v) is 24.1. The van der Waals surface area contributed by atoms with Crippen LogP contribution >= 0.6 is 0 Å². The second-order valence-electron chi connectivity index (χ2n) is 12.4. The minimum Gasteiger partial charge on any atom is -0.444 e. The summed E-state index contributed by atoms with van der Waals surface area (Å²) in [6.07, 6.45) is 7.64. The molecule has 39 heavy (non-hydrogen) atoms. The molecule has 2 aromatic heterocycles. The van der Waals surface area contributed by atoms with Gasteiger partial charge < -0.3 is 14.8 Å². The van der Waals surface area contributed by atoms with Crippen LogP contribution in [0.5, 0.6) is 0 Å². The van der Waals surface area contributed by atoms with Crippen molar-refractivity contribution < 1.29 is 19.1 Å². The lowest BCUT2D eigenvalue weighted by molar-refractivity contribution is -0.139. The van der Waals surface area contributed by atoms with E-state index in [2.05, 4.69) is 20.6 Å². The van der Waals surface area contributed by atoms with Crippen LogP contribution in [0.4, 0.5) is 16.3 Å². The topological polar surface area (TPSA) is 102 Å². The molecule has 0 saturated carbocycles. The van der Waals surface area contributed by atoms with Crippen LogP contribution in [0.2, 0.25) is 0 Å². The van der Waals surface area contributed by atoms with Gasteiger partial charge in [-0.1, -0.05) is 5.57 Å². The molecule has 0 spiro atoms. The monoisotopic (exact) mass is 530 g/mol. The highest BCUT2D eigenvalue weighted by Crippen LogP contribution is 2.38. The summed E-state index contributed by atoms with van der Waals surface area (Å²) in [6.45, 7) is 15.6. The van der Waals surface area contributed by atoms with Crippen molar-refractivity contribution >= 4 is 34.3 Å². The third-order valence-electron chi connectivity index (χ3n) is 6.27. The van der Waals surface area contributed by atoms with E-state index in [9.17, 15) is 9.59 Å². The van der Waals surface area contributed by atoms with Gasteiger partial charge in [0, 0.05) is 35.6 Å².